The molecule has 142 valence electrons. The fraction of sp³-hybridized carbons (Fsp3) is 0.667. The highest BCUT2D eigenvalue weighted by molar-refractivity contribution is 5.82. The van der Waals surface area contributed by atoms with Crippen molar-refractivity contribution in [3.63, 3.8) is 0 Å². The van der Waals surface area contributed by atoms with Gasteiger partial charge in [-0.25, -0.2) is 0 Å². The summed E-state index contributed by atoms with van der Waals surface area (Å²) in [5.41, 5.74) is 7.46. The molecule has 0 aromatic heterocycles. The van der Waals surface area contributed by atoms with Crippen LogP contribution < -0.4 is 11.1 Å². The van der Waals surface area contributed by atoms with Crippen molar-refractivity contribution >= 4 is 5.91 Å². The van der Waals surface area contributed by atoms with E-state index in [0.717, 1.165) is 58.3 Å². The predicted octanol–water partition coefficient (Wildman–Crippen LogP) is 1.88. The Morgan fingerprint density at radius 3 is 2.85 bits per heavy atom. The molecular weight excluding hydrogens is 326 g/mol. The summed E-state index contributed by atoms with van der Waals surface area (Å²) in [7, 11) is 0. The highest BCUT2D eigenvalue weighted by Gasteiger charge is 2.37. The highest BCUT2D eigenvalue weighted by Crippen LogP contribution is 2.30. The predicted molar refractivity (Wildman–Crippen MR) is 102 cm³/mol. The molecule has 0 aliphatic carbocycles. The molecule has 26 heavy (non-hydrogen) atoms. The lowest BCUT2D eigenvalue weighted by atomic mass is 9.87. The highest BCUT2D eigenvalue weighted by atomic mass is 16.5. The third kappa shape index (κ3) is 3.95. The number of carbonyl (C=O) groups is 1. The van der Waals surface area contributed by atoms with E-state index < -0.39 is 0 Å². The first-order valence-corrected chi connectivity index (χ1v) is 10.1. The van der Waals surface area contributed by atoms with Crippen LogP contribution in [-0.4, -0.2) is 55.2 Å². The van der Waals surface area contributed by atoms with Crippen LogP contribution in [0.5, 0.6) is 0 Å². The molecule has 0 spiro atoms. The second-order valence-corrected chi connectivity index (χ2v) is 8.18. The molecule has 0 radical (unpaired) electrons. The summed E-state index contributed by atoms with van der Waals surface area (Å²) in [5, 5.41) is 3.46. The number of hydrogen-bond donors (Lipinski definition) is 2. The largest absolute Gasteiger partial charge is 0.378 e. The first-order valence-electron chi connectivity index (χ1n) is 10.1. The normalized spacial score (nSPS) is 35.4. The Kier molecular flexibility index (Phi) is 5.57. The zero-order valence-corrected chi connectivity index (χ0v) is 15.5. The molecule has 3 unspecified atom stereocenters. The maximum absolute atomic E-state index is 13.1. The molecule has 3 saturated heterocycles. The van der Waals surface area contributed by atoms with Crippen LogP contribution in [-0.2, 0) is 9.53 Å². The van der Waals surface area contributed by atoms with Gasteiger partial charge in [-0.2, -0.15) is 0 Å². The number of piperidine rings is 1. The molecule has 3 N–H and O–H groups in total. The van der Waals surface area contributed by atoms with Crippen molar-refractivity contribution in [3.8, 4) is 0 Å². The molecule has 3 heterocycles. The summed E-state index contributed by atoms with van der Waals surface area (Å²) in [6.45, 7) is 3.35. The number of carbonyl (C=O) groups excluding carboxylic acids is 1. The number of amides is 1. The van der Waals surface area contributed by atoms with Crippen LogP contribution in [0.2, 0.25) is 0 Å². The third-order valence-corrected chi connectivity index (χ3v) is 6.35. The molecule has 5 heteroatoms. The molecule has 5 atom stereocenters. The van der Waals surface area contributed by atoms with Crippen molar-refractivity contribution in [1.29, 1.82) is 0 Å². The first-order chi connectivity index (χ1) is 12.7. The van der Waals surface area contributed by atoms with Crippen molar-refractivity contribution < 1.29 is 9.53 Å². The summed E-state index contributed by atoms with van der Waals surface area (Å²) in [4.78, 5) is 15.1. The fourth-order valence-electron chi connectivity index (χ4n) is 4.82. The first kappa shape index (κ1) is 18.0. The molecule has 3 aliphatic rings. The van der Waals surface area contributed by atoms with Gasteiger partial charge >= 0.3 is 0 Å². The van der Waals surface area contributed by atoms with Crippen LogP contribution >= 0.6 is 0 Å². The minimum absolute atomic E-state index is 0.0477. The van der Waals surface area contributed by atoms with Crippen molar-refractivity contribution in [2.75, 3.05) is 26.2 Å². The van der Waals surface area contributed by atoms with Crippen molar-refractivity contribution in [1.82, 2.24) is 10.2 Å². The lowest BCUT2D eigenvalue weighted by molar-refractivity contribution is -0.137. The van der Waals surface area contributed by atoms with Crippen molar-refractivity contribution in [3.05, 3.63) is 35.9 Å². The van der Waals surface area contributed by atoms with E-state index >= 15 is 0 Å². The lowest BCUT2D eigenvalue weighted by Gasteiger charge is -2.40. The molecule has 0 bridgehead atoms. The number of likely N-dealkylation sites (tertiary alicyclic amines) is 1. The van der Waals surface area contributed by atoms with E-state index in [1.807, 2.05) is 6.07 Å². The van der Waals surface area contributed by atoms with E-state index in [9.17, 15) is 4.79 Å². The number of benzene rings is 1. The van der Waals surface area contributed by atoms with Crippen LogP contribution in [0.25, 0.3) is 0 Å². The van der Waals surface area contributed by atoms with Crippen molar-refractivity contribution in [2.45, 2.75) is 56.2 Å². The lowest BCUT2D eigenvalue weighted by Crippen LogP contribution is -2.51. The Hall–Kier alpha value is -1.43. The van der Waals surface area contributed by atoms with Gasteiger partial charge in [0.2, 0.25) is 5.91 Å². The summed E-state index contributed by atoms with van der Waals surface area (Å²) >= 11 is 0. The molecule has 3 aliphatic heterocycles. The van der Waals surface area contributed by atoms with Crippen LogP contribution in [0.1, 0.15) is 43.6 Å². The number of hydrogen-bond acceptors (Lipinski definition) is 4. The van der Waals surface area contributed by atoms with E-state index in [4.69, 9.17) is 10.5 Å². The fourth-order valence-corrected chi connectivity index (χ4v) is 4.82. The van der Waals surface area contributed by atoms with Gasteiger partial charge in [-0.05, 0) is 43.6 Å². The minimum atomic E-state index is -0.0477. The topological polar surface area (TPSA) is 67.6 Å². The van der Waals surface area contributed by atoms with E-state index in [1.54, 1.807) is 0 Å². The molecule has 1 aromatic rings. The Bertz CT molecular complexity index is 609. The van der Waals surface area contributed by atoms with Gasteiger partial charge in [0.25, 0.3) is 0 Å². The van der Waals surface area contributed by atoms with Crippen LogP contribution in [0.15, 0.2) is 30.3 Å². The summed E-state index contributed by atoms with van der Waals surface area (Å²) in [5.74, 6) is 1.14. The molecule has 4 rings (SSSR count). The van der Waals surface area contributed by atoms with Gasteiger partial charge in [0, 0.05) is 38.2 Å². The molecular formula is C21H31N3O2. The molecule has 1 amide bonds. The molecule has 0 saturated carbocycles. The minimum Gasteiger partial charge on any atom is -0.378 e. The second kappa shape index (κ2) is 8.07. The maximum Gasteiger partial charge on any atom is 0.239 e. The third-order valence-electron chi connectivity index (χ3n) is 6.35. The molecule has 3 fully saturated rings. The van der Waals surface area contributed by atoms with Gasteiger partial charge in [0.1, 0.15) is 0 Å². The second-order valence-electron chi connectivity index (χ2n) is 8.18. The molecule has 5 nitrogen and oxygen atoms in total. The van der Waals surface area contributed by atoms with E-state index in [1.165, 1.54) is 5.56 Å². The summed E-state index contributed by atoms with van der Waals surface area (Å²) in [6, 6.07) is 10.7. The monoisotopic (exact) mass is 357 g/mol. The van der Waals surface area contributed by atoms with Gasteiger partial charge in [-0.1, -0.05) is 30.3 Å². The van der Waals surface area contributed by atoms with Gasteiger partial charge in [-0.15, -0.1) is 0 Å². The average Bonchev–Trinajstić information content (AvgIpc) is 3.18. The number of rotatable bonds is 3. The SMILES string of the molecule is NC1CCOC(C2CCCN(C(=O)[C@@H]3C[C@H](c4ccccc4)CN3)C2)C1. The zero-order valence-electron chi connectivity index (χ0n) is 15.5. The number of ether oxygens (including phenoxy) is 1. The standard InChI is InChI=1S/C21H31N3O2/c22-18-8-10-26-20(12-18)16-7-4-9-24(14-16)21(25)19-11-17(13-23-19)15-5-2-1-3-6-15/h1-3,5-6,16-20,23H,4,7-14,22H2/t16?,17-,18?,19-,20?/m0/s1. The van der Waals surface area contributed by atoms with Crippen LogP contribution in [0.3, 0.4) is 0 Å². The van der Waals surface area contributed by atoms with Crippen LogP contribution in [0, 0.1) is 5.92 Å². The summed E-state index contributed by atoms with van der Waals surface area (Å²) < 4.78 is 5.98. The van der Waals surface area contributed by atoms with E-state index in [-0.39, 0.29) is 24.1 Å². The Labute approximate surface area is 156 Å². The smallest absolute Gasteiger partial charge is 0.239 e. The molecule has 1 aromatic carbocycles. The Balaban J connectivity index is 1.34. The zero-order chi connectivity index (χ0) is 17.9. The van der Waals surface area contributed by atoms with Gasteiger partial charge < -0.3 is 20.7 Å². The summed E-state index contributed by atoms with van der Waals surface area (Å²) in [6.07, 6.45) is 5.23. The van der Waals surface area contributed by atoms with E-state index in [0.29, 0.717) is 11.8 Å². The number of nitrogens with two attached hydrogens (primary N) is 1. The quantitative estimate of drug-likeness (QED) is 0.867. The maximum atomic E-state index is 13.1. The van der Waals surface area contributed by atoms with Crippen LogP contribution in [0.4, 0.5) is 0 Å². The Morgan fingerprint density at radius 2 is 2.04 bits per heavy atom. The number of nitrogens with one attached hydrogen (secondary N) is 1. The number of nitrogens with zero attached hydrogens (tertiary/aromatic N) is 1. The van der Waals surface area contributed by atoms with Gasteiger partial charge in [-0.3, -0.25) is 4.79 Å². The van der Waals surface area contributed by atoms with Gasteiger partial charge in [0.15, 0.2) is 0 Å². The van der Waals surface area contributed by atoms with E-state index in [2.05, 4.69) is 34.5 Å². The average molecular weight is 357 g/mol. The Morgan fingerprint density at radius 1 is 1.19 bits per heavy atom. The van der Waals surface area contributed by atoms with Gasteiger partial charge in [0.05, 0.1) is 12.1 Å². The van der Waals surface area contributed by atoms with Crippen molar-refractivity contribution in [2.24, 2.45) is 11.7 Å².